The van der Waals surface area contributed by atoms with Crippen LogP contribution in [-0.4, -0.2) is 18.6 Å². The van der Waals surface area contributed by atoms with Gasteiger partial charge in [-0.2, -0.15) is 0 Å². The standard InChI is InChI=1S/C12H14ClN3/c1-8-5-9(14)7-16(8)10-3-4-12(15-2)11(13)6-10/h3-4,6,8-9H,5,7,14H2,1H3/t8-,9+/m0/s1. The maximum atomic E-state index is 6.94. The van der Waals surface area contributed by atoms with Crippen molar-refractivity contribution in [2.24, 2.45) is 5.73 Å². The van der Waals surface area contributed by atoms with E-state index in [9.17, 15) is 0 Å². The lowest BCUT2D eigenvalue weighted by Gasteiger charge is -2.24. The van der Waals surface area contributed by atoms with Crippen LogP contribution in [0, 0.1) is 6.57 Å². The molecule has 1 aliphatic rings. The van der Waals surface area contributed by atoms with Crippen LogP contribution in [-0.2, 0) is 0 Å². The molecule has 0 aliphatic carbocycles. The number of hydrogen-bond acceptors (Lipinski definition) is 2. The molecule has 1 heterocycles. The highest BCUT2D eigenvalue weighted by molar-refractivity contribution is 6.33. The van der Waals surface area contributed by atoms with E-state index in [0.717, 1.165) is 18.7 Å². The number of rotatable bonds is 1. The fourth-order valence-corrected chi connectivity index (χ4v) is 2.41. The van der Waals surface area contributed by atoms with Gasteiger partial charge in [-0.15, -0.1) is 0 Å². The molecule has 1 saturated heterocycles. The largest absolute Gasteiger partial charge is 0.367 e. The van der Waals surface area contributed by atoms with Gasteiger partial charge in [0.1, 0.15) is 0 Å². The van der Waals surface area contributed by atoms with Crippen molar-refractivity contribution < 1.29 is 0 Å². The Bertz CT molecular complexity index is 438. The Morgan fingerprint density at radius 3 is 2.81 bits per heavy atom. The normalized spacial score (nSPS) is 24.5. The molecule has 0 unspecified atom stereocenters. The second-order valence-corrected chi connectivity index (χ2v) is 4.65. The van der Waals surface area contributed by atoms with Gasteiger partial charge in [-0.25, -0.2) is 4.85 Å². The quantitative estimate of drug-likeness (QED) is 0.760. The average Bonchev–Trinajstić information content (AvgIpc) is 2.58. The van der Waals surface area contributed by atoms with Gasteiger partial charge < -0.3 is 10.6 Å². The Kier molecular flexibility index (Phi) is 3.04. The molecule has 2 rings (SSSR count). The second kappa shape index (κ2) is 4.32. The first kappa shape index (κ1) is 11.3. The van der Waals surface area contributed by atoms with Gasteiger partial charge in [0.25, 0.3) is 0 Å². The van der Waals surface area contributed by atoms with Crippen LogP contribution >= 0.6 is 11.6 Å². The first-order valence-electron chi connectivity index (χ1n) is 5.31. The van der Waals surface area contributed by atoms with Crippen LogP contribution in [0.5, 0.6) is 0 Å². The van der Waals surface area contributed by atoms with Crippen molar-refractivity contribution in [2.75, 3.05) is 11.4 Å². The van der Waals surface area contributed by atoms with Crippen LogP contribution in [0.25, 0.3) is 4.85 Å². The number of benzene rings is 1. The highest BCUT2D eigenvalue weighted by Gasteiger charge is 2.26. The minimum atomic E-state index is 0.231. The number of nitrogens with zero attached hydrogens (tertiary/aromatic N) is 2. The Labute approximate surface area is 101 Å². The topological polar surface area (TPSA) is 33.6 Å². The third-order valence-corrected chi connectivity index (χ3v) is 3.29. The van der Waals surface area contributed by atoms with E-state index < -0.39 is 0 Å². The highest BCUT2D eigenvalue weighted by Crippen LogP contribution is 2.32. The Hall–Kier alpha value is -1.24. The minimum absolute atomic E-state index is 0.231. The average molecular weight is 236 g/mol. The Morgan fingerprint density at radius 2 is 2.31 bits per heavy atom. The van der Waals surface area contributed by atoms with Crippen molar-refractivity contribution in [3.8, 4) is 0 Å². The summed E-state index contributed by atoms with van der Waals surface area (Å²) in [5.74, 6) is 0. The first-order valence-corrected chi connectivity index (χ1v) is 5.69. The van der Waals surface area contributed by atoms with Gasteiger partial charge >= 0.3 is 0 Å². The molecule has 1 aliphatic heterocycles. The summed E-state index contributed by atoms with van der Waals surface area (Å²) in [6.07, 6.45) is 1.00. The smallest absolute Gasteiger partial charge is 0.205 e. The summed E-state index contributed by atoms with van der Waals surface area (Å²) >= 11 is 6.02. The monoisotopic (exact) mass is 235 g/mol. The summed E-state index contributed by atoms with van der Waals surface area (Å²) in [5.41, 5.74) is 7.48. The number of nitrogens with two attached hydrogens (primary N) is 1. The van der Waals surface area contributed by atoms with E-state index in [1.807, 2.05) is 12.1 Å². The molecule has 2 atom stereocenters. The lowest BCUT2D eigenvalue weighted by atomic mass is 10.2. The Morgan fingerprint density at radius 1 is 1.56 bits per heavy atom. The predicted octanol–water partition coefficient (Wildman–Crippen LogP) is 2.82. The summed E-state index contributed by atoms with van der Waals surface area (Å²) < 4.78 is 0. The lowest BCUT2D eigenvalue weighted by Crippen LogP contribution is -2.28. The molecule has 0 saturated carbocycles. The molecule has 1 fully saturated rings. The summed E-state index contributed by atoms with van der Waals surface area (Å²) in [4.78, 5) is 5.59. The van der Waals surface area contributed by atoms with E-state index in [2.05, 4.69) is 16.7 Å². The maximum Gasteiger partial charge on any atom is 0.205 e. The van der Waals surface area contributed by atoms with Gasteiger partial charge in [0.2, 0.25) is 5.69 Å². The number of halogens is 1. The summed E-state index contributed by atoms with van der Waals surface area (Å²) in [5, 5.41) is 0.514. The lowest BCUT2D eigenvalue weighted by molar-refractivity contribution is 0.690. The molecule has 0 bridgehead atoms. The molecule has 84 valence electrons. The van der Waals surface area contributed by atoms with E-state index in [0.29, 0.717) is 16.8 Å². The van der Waals surface area contributed by atoms with Crippen LogP contribution in [0.15, 0.2) is 18.2 Å². The zero-order valence-electron chi connectivity index (χ0n) is 9.15. The summed E-state index contributed by atoms with van der Waals surface area (Å²) in [6, 6.07) is 6.22. The molecular formula is C12H14ClN3. The second-order valence-electron chi connectivity index (χ2n) is 4.24. The zero-order chi connectivity index (χ0) is 11.7. The first-order chi connectivity index (χ1) is 7.61. The SMILES string of the molecule is [C-]#[N+]c1ccc(N2C[C@H](N)C[C@@H]2C)cc1Cl. The summed E-state index contributed by atoms with van der Waals surface area (Å²) in [6.45, 7) is 9.96. The van der Waals surface area contributed by atoms with E-state index in [4.69, 9.17) is 23.9 Å². The van der Waals surface area contributed by atoms with Crippen molar-refractivity contribution in [2.45, 2.75) is 25.4 Å². The fourth-order valence-electron chi connectivity index (χ4n) is 2.20. The van der Waals surface area contributed by atoms with Crippen LogP contribution in [0.2, 0.25) is 5.02 Å². The van der Waals surface area contributed by atoms with Gasteiger partial charge in [0.05, 0.1) is 6.57 Å². The number of hydrogen-bond donors (Lipinski definition) is 1. The van der Waals surface area contributed by atoms with Gasteiger partial charge in [-0.05, 0) is 25.5 Å². The van der Waals surface area contributed by atoms with Gasteiger partial charge in [-0.3, -0.25) is 0 Å². The van der Waals surface area contributed by atoms with Crippen LogP contribution in [0.1, 0.15) is 13.3 Å². The van der Waals surface area contributed by atoms with Gasteiger partial charge in [-0.1, -0.05) is 17.7 Å². The third kappa shape index (κ3) is 1.99. The van der Waals surface area contributed by atoms with E-state index >= 15 is 0 Å². The van der Waals surface area contributed by atoms with E-state index in [1.54, 1.807) is 6.07 Å². The molecule has 0 spiro atoms. The van der Waals surface area contributed by atoms with Crippen molar-refractivity contribution in [3.05, 3.63) is 34.6 Å². The van der Waals surface area contributed by atoms with Crippen molar-refractivity contribution >= 4 is 23.0 Å². The minimum Gasteiger partial charge on any atom is -0.367 e. The van der Waals surface area contributed by atoms with E-state index in [1.165, 1.54) is 0 Å². The molecule has 16 heavy (non-hydrogen) atoms. The predicted molar refractivity (Wildman–Crippen MR) is 67.1 cm³/mol. The maximum absolute atomic E-state index is 6.94. The molecule has 0 aromatic heterocycles. The van der Waals surface area contributed by atoms with Gasteiger partial charge in [0, 0.05) is 29.3 Å². The Balaban J connectivity index is 2.29. The van der Waals surface area contributed by atoms with Gasteiger partial charge in [0.15, 0.2) is 0 Å². The molecule has 2 N–H and O–H groups in total. The number of anilines is 1. The molecule has 3 nitrogen and oxygen atoms in total. The van der Waals surface area contributed by atoms with Crippen LogP contribution < -0.4 is 10.6 Å². The van der Waals surface area contributed by atoms with Crippen LogP contribution in [0.4, 0.5) is 11.4 Å². The van der Waals surface area contributed by atoms with E-state index in [-0.39, 0.29) is 6.04 Å². The zero-order valence-corrected chi connectivity index (χ0v) is 9.91. The van der Waals surface area contributed by atoms with Crippen molar-refractivity contribution in [1.29, 1.82) is 0 Å². The van der Waals surface area contributed by atoms with Crippen molar-refractivity contribution in [1.82, 2.24) is 0 Å². The fraction of sp³-hybridized carbons (Fsp3) is 0.417. The third-order valence-electron chi connectivity index (χ3n) is 2.99. The highest BCUT2D eigenvalue weighted by atomic mass is 35.5. The van der Waals surface area contributed by atoms with Crippen LogP contribution in [0.3, 0.4) is 0 Å². The van der Waals surface area contributed by atoms with Crippen molar-refractivity contribution in [3.63, 3.8) is 0 Å². The molecule has 1 aromatic carbocycles. The molecular weight excluding hydrogens is 222 g/mol. The molecule has 4 heteroatoms. The molecule has 0 radical (unpaired) electrons. The molecule has 1 aromatic rings. The molecule has 0 amide bonds. The summed E-state index contributed by atoms with van der Waals surface area (Å²) in [7, 11) is 0.